The summed E-state index contributed by atoms with van der Waals surface area (Å²) in [6, 6.07) is 20.3. The molecule has 0 radical (unpaired) electrons. The number of nitrogens with one attached hydrogen (secondary N) is 1. The summed E-state index contributed by atoms with van der Waals surface area (Å²) in [6.07, 6.45) is 3.59. The number of aryl methyl sites for hydroxylation is 1. The van der Waals surface area contributed by atoms with Gasteiger partial charge in [-0.25, -0.2) is 4.79 Å². The molecule has 1 saturated heterocycles. The van der Waals surface area contributed by atoms with Gasteiger partial charge in [-0.3, -0.25) is 0 Å². The molecule has 0 spiro atoms. The maximum atomic E-state index is 12.7. The van der Waals surface area contributed by atoms with E-state index in [9.17, 15) is 9.90 Å². The molecule has 0 aromatic heterocycles. The van der Waals surface area contributed by atoms with Gasteiger partial charge in [-0.15, -0.1) is 0 Å². The van der Waals surface area contributed by atoms with Crippen molar-refractivity contribution < 1.29 is 9.90 Å². The van der Waals surface area contributed by atoms with Crippen molar-refractivity contribution in [1.29, 1.82) is 0 Å². The largest absolute Gasteiger partial charge is 0.394 e. The predicted molar refractivity (Wildman–Crippen MR) is 99.3 cm³/mol. The molecule has 1 fully saturated rings. The zero-order chi connectivity index (χ0) is 17.5. The molecule has 1 aliphatic rings. The van der Waals surface area contributed by atoms with Crippen LogP contribution in [0.5, 0.6) is 0 Å². The molecule has 25 heavy (non-hydrogen) atoms. The number of likely N-dealkylation sites (tertiary alicyclic amines) is 1. The van der Waals surface area contributed by atoms with Crippen molar-refractivity contribution in [2.24, 2.45) is 0 Å². The first kappa shape index (κ1) is 17.5. The fourth-order valence-corrected chi connectivity index (χ4v) is 3.49. The van der Waals surface area contributed by atoms with Gasteiger partial charge in [0.15, 0.2) is 0 Å². The van der Waals surface area contributed by atoms with E-state index in [1.54, 1.807) is 4.90 Å². The van der Waals surface area contributed by atoms with Gasteiger partial charge in [-0.05, 0) is 36.8 Å². The van der Waals surface area contributed by atoms with Crippen molar-refractivity contribution in [1.82, 2.24) is 10.2 Å². The highest BCUT2D eigenvalue weighted by Crippen LogP contribution is 2.22. The molecule has 4 nitrogen and oxygen atoms in total. The molecule has 2 N–H and O–H groups in total. The monoisotopic (exact) mass is 338 g/mol. The summed E-state index contributed by atoms with van der Waals surface area (Å²) in [5.41, 5.74) is 2.39. The highest BCUT2D eigenvalue weighted by Gasteiger charge is 2.29. The summed E-state index contributed by atoms with van der Waals surface area (Å²) < 4.78 is 0. The van der Waals surface area contributed by atoms with Crippen LogP contribution in [0.1, 0.15) is 36.4 Å². The first-order valence-corrected chi connectivity index (χ1v) is 9.05. The molecule has 2 aromatic rings. The van der Waals surface area contributed by atoms with Crippen molar-refractivity contribution in [3.05, 3.63) is 71.8 Å². The van der Waals surface area contributed by atoms with Crippen LogP contribution in [-0.2, 0) is 6.42 Å². The number of aliphatic hydroxyl groups is 1. The zero-order valence-corrected chi connectivity index (χ0v) is 14.5. The van der Waals surface area contributed by atoms with Gasteiger partial charge in [0, 0.05) is 6.54 Å². The van der Waals surface area contributed by atoms with Crippen molar-refractivity contribution >= 4 is 6.03 Å². The summed E-state index contributed by atoms with van der Waals surface area (Å²) >= 11 is 0. The van der Waals surface area contributed by atoms with Crippen LogP contribution in [0, 0.1) is 0 Å². The standard InChI is InChI=1S/C21H26N2O2/c24-16-19-12-7-15-23(19)21(25)22-20(18-10-5-2-6-11-18)14-13-17-8-3-1-4-9-17/h1-6,8-11,19-20,24H,7,12-16H2,(H,22,25). The van der Waals surface area contributed by atoms with Gasteiger partial charge in [0.2, 0.25) is 0 Å². The van der Waals surface area contributed by atoms with Crippen LogP contribution in [0.4, 0.5) is 4.79 Å². The number of benzene rings is 2. The quantitative estimate of drug-likeness (QED) is 0.847. The van der Waals surface area contributed by atoms with E-state index in [1.165, 1.54) is 5.56 Å². The van der Waals surface area contributed by atoms with Gasteiger partial charge in [0.25, 0.3) is 0 Å². The van der Waals surface area contributed by atoms with E-state index in [0.29, 0.717) is 0 Å². The molecule has 0 bridgehead atoms. The van der Waals surface area contributed by atoms with Crippen LogP contribution in [0.2, 0.25) is 0 Å². The van der Waals surface area contributed by atoms with E-state index in [2.05, 4.69) is 29.6 Å². The van der Waals surface area contributed by atoms with Crippen molar-refractivity contribution in [3.8, 4) is 0 Å². The second-order valence-corrected chi connectivity index (χ2v) is 6.61. The Morgan fingerprint density at radius 2 is 1.80 bits per heavy atom. The number of hydrogen-bond donors (Lipinski definition) is 2. The van der Waals surface area contributed by atoms with E-state index >= 15 is 0 Å². The van der Waals surface area contributed by atoms with Crippen LogP contribution in [0.25, 0.3) is 0 Å². The van der Waals surface area contributed by atoms with Gasteiger partial charge >= 0.3 is 6.03 Å². The number of hydrogen-bond acceptors (Lipinski definition) is 2. The molecule has 4 heteroatoms. The minimum absolute atomic E-state index is 0.0335. The molecule has 1 aliphatic heterocycles. The first-order chi connectivity index (χ1) is 12.3. The Morgan fingerprint density at radius 1 is 1.12 bits per heavy atom. The third-order valence-electron chi connectivity index (χ3n) is 4.91. The van der Waals surface area contributed by atoms with E-state index in [1.807, 2.05) is 36.4 Å². The topological polar surface area (TPSA) is 52.6 Å². The van der Waals surface area contributed by atoms with E-state index in [-0.39, 0.29) is 24.7 Å². The Kier molecular flexibility index (Phi) is 6.07. The average Bonchev–Trinajstić information content (AvgIpc) is 3.15. The molecule has 2 aromatic carbocycles. The van der Waals surface area contributed by atoms with E-state index < -0.39 is 0 Å². The first-order valence-electron chi connectivity index (χ1n) is 9.05. The maximum Gasteiger partial charge on any atom is 0.318 e. The number of nitrogens with zero attached hydrogens (tertiary/aromatic N) is 1. The van der Waals surface area contributed by atoms with Crippen LogP contribution >= 0.6 is 0 Å². The SMILES string of the molecule is O=C(NC(CCc1ccccc1)c1ccccc1)N1CCCC1CO. The lowest BCUT2D eigenvalue weighted by molar-refractivity contribution is 0.154. The fraction of sp³-hybridized carbons (Fsp3) is 0.381. The lowest BCUT2D eigenvalue weighted by atomic mass is 9.99. The Balaban J connectivity index is 1.69. The number of rotatable bonds is 6. The van der Waals surface area contributed by atoms with Crippen LogP contribution in [-0.4, -0.2) is 35.2 Å². The second-order valence-electron chi connectivity index (χ2n) is 6.61. The molecular weight excluding hydrogens is 312 g/mol. The van der Waals surface area contributed by atoms with Crippen LogP contribution < -0.4 is 5.32 Å². The third-order valence-corrected chi connectivity index (χ3v) is 4.91. The number of urea groups is 1. The Morgan fingerprint density at radius 3 is 2.48 bits per heavy atom. The summed E-state index contributed by atoms with van der Waals surface area (Å²) in [4.78, 5) is 14.5. The summed E-state index contributed by atoms with van der Waals surface area (Å²) in [6.45, 7) is 0.755. The van der Waals surface area contributed by atoms with Crippen molar-refractivity contribution in [2.45, 2.75) is 37.8 Å². The molecular formula is C21H26N2O2. The summed E-state index contributed by atoms with van der Waals surface area (Å²) in [7, 11) is 0. The third kappa shape index (κ3) is 4.60. The molecule has 3 rings (SSSR count). The summed E-state index contributed by atoms with van der Waals surface area (Å²) in [5.74, 6) is 0. The average molecular weight is 338 g/mol. The van der Waals surface area contributed by atoms with E-state index in [4.69, 9.17) is 0 Å². The Hall–Kier alpha value is -2.33. The molecule has 2 unspecified atom stereocenters. The Bertz CT molecular complexity index is 660. The predicted octanol–water partition coefficient (Wildman–Crippen LogP) is 3.53. The maximum absolute atomic E-state index is 12.7. The highest BCUT2D eigenvalue weighted by molar-refractivity contribution is 5.75. The van der Waals surface area contributed by atoms with Gasteiger partial charge in [0.05, 0.1) is 18.7 Å². The minimum atomic E-state index is -0.0709. The molecule has 2 amide bonds. The Labute approximate surface area is 149 Å². The smallest absolute Gasteiger partial charge is 0.318 e. The van der Waals surface area contributed by atoms with E-state index in [0.717, 1.165) is 37.8 Å². The van der Waals surface area contributed by atoms with Gasteiger partial charge in [0.1, 0.15) is 0 Å². The lowest BCUT2D eigenvalue weighted by Gasteiger charge is -2.27. The zero-order valence-electron chi connectivity index (χ0n) is 14.5. The van der Waals surface area contributed by atoms with Crippen molar-refractivity contribution in [3.63, 3.8) is 0 Å². The van der Waals surface area contributed by atoms with Gasteiger partial charge in [-0.2, -0.15) is 0 Å². The number of carbonyl (C=O) groups is 1. The van der Waals surface area contributed by atoms with Crippen molar-refractivity contribution in [2.75, 3.05) is 13.2 Å². The van der Waals surface area contributed by atoms with Crippen LogP contribution in [0.3, 0.4) is 0 Å². The lowest BCUT2D eigenvalue weighted by Crippen LogP contribution is -2.45. The number of aliphatic hydroxyl groups excluding tert-OH is 1. The fourth-order valence-electron chi connectivity index (χ4n) is 3.49. The highest BCUT2D eigenvalue weighted by atomic mass is 16.3. The van der Waals surface area contributed by atoms with Gasteiger partial charge in [-0.1, -0.05) is 60.7 Å². The molecule has 132 valence electrons. The second kappa shape index (κ2) is 8.67. The number of carbonyl (C=O) groups excluding carboxylic acids is 1. The van der Waals surface area contributed by atoms with Gasteiger partial charge < -0.3 is 15.3 Å². The molecule has 0 saturated carbocycles. The molecule has 1 heterocycles. The summed E-state index contributed by atoms with van der Waals surface area (Å²) in [5, 5.41) is 12.7. The number of amides is 2. The normalized spacial score (nSPS) is 18.1. The minimum Gasteiger partial charge on any atom is -0.394 e. The van der Waals surface area contributed by atoms with Crippen LogP contribution in [0.15, 0.2) is 60.7 Å². The molecule has 0 aliphatic carbocycles. The molecule has 2 atom stereocenters.